The van der Waals surface area contributed by atoms with Gasteiger partial charge in [0.05, 0.1) is 0 Å². The third kappa shape index (κ3) is 3.32. The Bertz CT molecular complexity index is 461. The highest BCUT2D eigenvalue weighted by atomic mass is 19.1. The van der Waals surface area contributed by atoms with E-state index in [0.717, 1.165) is 31.2 Å². The first-order valence-electron chi connectivity index (χ1n) is 6.89. The molecule has 3 N–H and O–H groups in total. The Morgan fingerprint density at radius 2 is 2.16 bits per heavy atom. The zero-order valence-corrected chi connectivity index (χ0v) is 11.3. The summed E-state index contributed by atoms with van der Waals surface area (Å²) < 4.78 is 13.0. The van der Waals surface area contributed by atoms with Crippen LogP contribution in [-0.4, -0.2) is 12.5 Å². The molecular formula is C15H21FN2O. The summed E-state index contributed by atoms with van der Waals surface area (Å²) in [6.07, 6.45) is 4.16. The molecule has 2 rings (SSSR count). The van der Waals surface area contributed by atoms with E-state index in [4.69, 9.17) is 5.73 Å². The maximum absolute atomic E-state index is 13.0. The average molecular weight is 264 g/mol. The van der Waals surface area contributed by atoms with E-state index in [1.54, 1.807) is 13.0 Å². The first kappa shape index (κ1) is 14.0. The molecule has 1 aliphatic carbocycles. The molecule has 1 saturated carbocycles. The predicted octanol–water partition coefficient (Wildman–Crippen LogP) is 2.84. The lowest BCUT2D eigenvalue weighted by atomic mass is 9.78. The monoisotopic (exact) mass is 264 g/mol. The van der Waals surface area contributed by atoms with E-state index in [-0.39, 0.29) is 23.6 Å². The van der Waals surface area contributed by atoms with E-state index in [1.165, 1.54) is 12.1 Å². The highest BCUT2D eigenvalue weighted by molar-refractivity contribution is 5.93. The van der Waals surface area contributed by atoms with Crippen LogP contribution in [0.25, 0.3) is 0 Å². The number of anilines is 1. The molecule has 0 bridgehead atoms. The molecule has 1 aromatic carbocycles. The number of carbonyl (C=O) groups excluding carboxylic acids is 1. The topological polar surface area (TPSA) is 55.1 Å². The molecule has 2 unspecified atom stereocenters. The zero-order valence-electron chi connectivity index (χ0n) is 11.3. The number of amides is 1. The van der Waals surface area contributed by atoms with Crippen LogP contribution in [-0.2, 0) is 4.79 Å². The molecule has 0 heterocycles. The van der Waals surface area contributed by atoms with Crippen molar-refractivity contribution in [1.82, 2.24) is 0 Å². The quantitative estimate of drug-likeness (QED) is 0.882. The van der Waals surface area contributed by atoms with E-state index in [1.807, 2.05) is 0 Å². The van der Waals surface area contributed by atoms with E-state index >= 15 is 0 Å². The van der Waals surface area contributed by atoms with Crippen molar-refractivity contribution in [2.45, 2.75) is 32.6 Å². The summed E-state index contributed by atoms with van der Waals surface area (Å²) in [7, 11) is 0. The summed E-state index contributed by atoms with van der Waals surface area (Å²) in [4.78, 5) is 12.3. The van der Waals surface area contributed by atoms with Crippen molar-refractivity contribution in [2.24, 2.45) is 17.6 Å². The van der Waals surface area contributed by atoms with E-state index in [2.05, 4.69) is 5.32 Å². The van der Waals surface area contributed by atoms with Gasteiger partial charge in [0, 0.05) is 11.6 Å². The Hall–Kier alpha value is -1.42. The van der Waals surface area contributed by atoms with Gasteiger partial charge >= 0.3 is 0 Å². The summed E-state index contributed by atoms with van der Waals surface area (Å²) >= 11 is 0. The van der Waals surface area contributed by atoms with Crippen molar-refractivity contribution in [3.05, 3.63) is 29.6 Å². The van der Waals surface area contributed by atoms with Gasteiger partial charge in [-0.25, -0.2) is 4.39 Å². The van der Waals surface area contributed by atoms with E-state index < -0.39 is 0 Å². The van der Waals surface area contributed by atoms with Crippen LogP contribution in [0.5, 0.6) is 0 Å². The van der Waals surface area contributed by atoms with Gasteiger partial charge in [-0.15, -0.1) is 0 Å². The fourth-order valence-corrected chi connectivity index (χ4v) is 2.83. The maximum Gasteiger partial charge on any atom is 0.227 e. The van der Waals surface area contributed by atoms with Crippen molar-refractivity contribution >= 4 is 11.6 Å². The maximum atomic E-state index is 13.0. The van der Waals surface area contributed by atoms with Crippen LogP contribution < -0.4 is 11.1 Å². The van der Waals surface area contributed by atoms with Gasteiger partial charge in [-0.1, -0.05) is 12.8 Å². The van der Waals surface area contributed by atoms with Crippen LogP contribution in [0.4, 0.5) is 10.1 Å². The smallest absolute Gasteiger partial charge is 0.227 e. The third-order valence-corrected chi connectivity index (χ3v) is 3.99. The third-order valence-electron chi connectivity index (χ3n) is 3.99. The number of hydrogen-bond acceptors (Lipinski definition) is 2. The van der Waals surface area contributed by atoms with Crippen LogP contribution in [0.15, 0.2) is 18.2 Å². The minimum Gasteiger partial charge on any atom is -0.330 e. The molecule has 3 nitrogen and oxygen atoms in total. The minimum absolute atomic E-state index is 0.0109. The van der Waals surface area contributed by atoms with Crippen LogP contribution in [0.3, 0.4) is 0 Å². The molecule has 104 valence electrons. The Balaban J connectivity index is 2.07. The number of nitrogens with two attached hydrogens (primary N) is 1. The highest BCUT2D eigenvalue weighted by Gasteiger charge is 2.30. The number of carbonyl (C=O) groups is 1. The Kier molecular flexibility index (Phi) is 4.53. The molecule has 0 saturated heterocycles. The SMILES string of the molecule is Cc1cc(F)ccc1NC(=O)C1CCCCC1CN. The fraction of sp³-hybridized carbons (Fsp3) is 0.533. The first-order valence-corrected chi connectivity index (χ1v) is 6.89. The minimum atomic E-state index is -0.284. The second-order valence-corrected chi connectivity index (χ2v) is 5.34. The van der Waals surface area contributed by atoms with Gasteiger partial charge in [-0.05, 0) is 56.0 Å². The van der Waals surface area contributed by atoms with Crippen molar-refractivity contribution in [2.75, 3.05) is 11.9 Å². The number of halogens is 1. The molecule has 4 heteroatoms. The molecule has 1 amide bonds. The van der Waals surface area contributed by atoms with Gasteiger partial charge in [0.1, 0.15) is 5.82 Å². The Labute approximate surface area is 113 Å². The molecule has 0 spiro atoms. The average Bonchev–Trinajstić information content (AvgIpc) is 2.41. The van der Waals surface area contributed by atoms with E-state index in [0.29, 0.717) is 12.2 Å². The first-order chi connectivity index (χ1) is 9.11. The van der Waals surface area contributed by atoms with Gasteiger partial charge in [-0.2, -0.15) is 0 Å². The Morgan fingerprint density at radius 1 is 1.42 bits per heavy atom. The van der Waals surface area contributed by atoms with Crippen molar-refractivity contribution in [3.8, 4) is 0 Å². The van der Waals surface area contributed by atoms with Gasteiger partial charge in [0.2, 0.25) is 5.91 Å². The summed E-state index contributed by atoms with van der Waals surface area (Å²) in [5, 5.41) is 2.91. The lowest BCUT2D eigenvalue weighted by molar-refractivity contribution is -0.122. The van der Waals surface area contributed by atoms with Gasteiger partial charge in [0.25, 0.3) is 0 Å². The summed E-state index contributed by atoms with van der Waals surface area (Å²) in [6.45, 7) is 2.35. The van der Waals surface area contributed by atoms with Crippen molar-refractivity contribution < 1.29 is 9.18 Å². The van der Waals surface area contributed by atoms with Crippen LogP contribution in [0, 0.1) is 24.6 Å². The van der Waals surface area contributed by atoms with Crippen molar-refractivity contribution in [3.63, 3.8) is 0 Å². The number of nitrogens with one attached hydrogen (secondary N) is 1. The molecular weight excluding hydrogens is 243 g/mol. The van der Waals surface area contributed by atoms with Crippen LogP contribution in [0.1, 0.15) is 31.2 Å². The van der Waals surface area contributed by atoms with Crippen molar-refractivity contribution in [1.29, 1.82) is 0 Å². The summed E-state index contributed by atoms with van der Waals surface area (Å²) in [6, 6.07) is 4.41. The summed E-state index contributed by atoms with van der Waals surface area (Å²) in [5.41, 5.74) is 7.18. The number of rotatable bonds is 3. The number of hydrogen-bond donors (Lipinski definition) is 2. The predicted molar refractivity (Wildman–Crippen MR) is 74.3 cm³/mol. The lowest BCUT2D eigenvalue weighted by Crippen LogP contribution is -2.35. The number of aryl methyl sites for hydroxylation is 1. The van der Waals surface area contributed by atoms with Crippen LogP contribution >= 0.6 is 0 Å². The molecule has 0 radical (unpaired) electrons. The molecule has 0 aromatic heterocycles. The number of benzene rings is 1. The second-order valence-electron chi connectivity index (χ2n) is 5.34. The van der Waals surface area contributed by atoms with Gasteiger partial charge in [-0.3, -0.25) is 4.79 Å². The second kappa shape index (κ2) is 6.15. The fourth-order valence-electron chi connectivity index (χ4n) is 2.83. The molecule has 1 fully saturated rings. The van der Waals surface area contributed by atoms with Gasteiger partial charge < -0.3 is 11.1 Å². The van der Waals surface area contributed by atoms with E-state index in [9.17, 15) is 9.18 Å². The lowest BCUT2D eigenvalue weighted by Gasteiger charge is -2.29. The van der Waals surface area contributed by atoms with Gasteiger partial charge in [0.15, 0.2) is 0 Å². The molecule has 0 aliphatic heterocycles. The summed E-state index contributed by atoms with van der Waals surface area (Å²) in [5.74, 6) is -0.00411. The Morgan fingerprint density at radius 3 is 2.84 bits per heavy atom. The molecule has 1 aliphatic rings. The molecule has 1 aromatic rings. The zero-order chi connectivity index (χ0) is 13.8. The molecule has 2 atom stereocenters. The highest BCUT2D eigenvalue weighted by Crippen LogP contribution is 2.30. The molecule has 19 heavy (non-hydrogen) atoms. The largest absolute Gasteiger partial charge is 0.330 e. The van der Waals surface area contributed by atoms with Crippen LogP contribution in [0.2, 0.25) is 0 Å². The standard InChI is InChI=1S/C15H21FN2O/c1-10-8-12(16)6-7-14(10)18-15(19)13-5-3-2-4-11(13)9-17/h6-8,11,13H,2-5,9,17H2,1H3,(H,18,19). The normalized spacial score (nSPS) is 23.1.